The Morgan fingerprint density at radius 2 is 0.902 bits per heavy atom. The molecule has 13 rings (SSSR count). The monoisotopic (exact) mass is 784 g/mol. The van der Waals surface area contributed by atoms with Crippen molar-refractivity contribution in [3.63, 3.8) is 0 Å². The van der Waals surface area contributed by atoms with Gasteiger partial charge in [-0.05, 0) is 58.1 Å². The molecule has 0 atom stereocenters. The van der Waals surface area contributed by atoms with Gasteiger partial charge >= 0.3 is 0 Å². The van der Waals surface area contributed by atoms with Gasteiger partial charge in [-0.15, -0.1) is 0 Å². The SMILES string of the molecule is CC.c1ccc2cc(-c3nc(-c4ccc5c(c4)oc4ccccc45)nc(-n4c5c(-c6cccc7oc8ccccc8c67)cccc5c5ccc6ccccc6c54)n3)ccc2c1. The lowest BCUT2D eigenvalue weighted by Gasteiger charge is -2.14. The van der Waals surface area contributed by atoms with Gasteiger partial charge in [-0.1, -0.05) is 159 Å². The summed E-state index contributed by atoms with van der Waals surface area (Å²) in [6, 6.07) is 63.3. The van der Waals surface area contributed by atoms with Crippen LogP contribution in [0.25, 0.3) is 127 Å². The van der Waals surface area contributed by atoms with E-state index in [9.17, 15) is 0 Å². The van der Waals surface area contributed by atoms with Gasteiger partial charge in [-0.25, -0.2) is 4.98 Å². The molecular formula is C55H36N4O2. The van der Waals surface area contributed by atoms with Crippen molar-refractivity contribution in [2.24, 2.45) is 0 Å². The van der Waals surface area contributed by atoms with Gasteiger partial charge in [0, 0.05) is 54.4 Å². The Bertz CT molecular complexity index is 3870. The van der Waals surface area contributed by atoms with Gasteiger partial charge < -0.3 is 8.83 Å². The minimum absolute atomic E-state index is 0.524. The highest BCUT2D eigenvalue weighted by Crippen LogP contribution is 2.44. The first-order chi connectivity index (χ1) is 30.2. The van der Waals surface area contributed by atoms with Crippen molar-refractivity contribution in [3.05, 3.63) is 182 Å². The lowest BCUT2D eigenvalue weighted by Crippen LogP contribution is -2.07. The Morgan fingerprint density at radius 3 is 1.74 bits per heavy atom. The minimum atomic E-state index is 0.524. The van der Waals surface area contributed by atoms with E-state index in [-0.39, 0.29) is 0 Å². The molecule has 0 bridgehead atoms. The van der Waals surface area contributed by atoms with Crippen LogP contribution in [0.4, 0.5) is 0 Å². The van der Waals surface area contributed by atoms with Crippen LogP contribution in [0.2, 0.25) is 0 Å². The van der Waals surface area contributed by atoms with Crippen LogP contribution in [0.5, 0.6) is 0 Å². The molecule has 9 aromatic carbocycles. The van der Waals surface area contributed by atoms with Gasteiger partial charge in [0.25, 0.3) is 0 Å². The van der Waals surface area contributed by atoms with Crippen molar-refractivity contribution in [3.8, 4) is 39.9 Å². The summed E-state index contributed by atoms with van der Waals surface area (Å²) in [7, 11) is 0. The van der Waals surface area contributed by atoms with Crippen molar-refractivity contribution in [1.82, 2.24) is 19.5 Å². The quantitative estimate of drug-likeness (QED) is 0.178. The minimum Gasteiger partial charge on any atom is -0.456 e. The van der Waals surface area contributed by atoms with E-state index in [1.54, 1.807) is 0 Å². The second-order valence-electron chi connectivity index (χ2n) is 15.2. The van der Waals surface area contributed by atoms with Crippen molar-refractivity contribution in [2.75, 3.05) is 0 Å². The number of nitrogens with zero attached hydrogens (tertiary/aromatic N) is 4. The van der Waals surface area contributed by atoms with Gasteiger partial charge in [-0.2, -0.15) is 9.97 Å². The van der Waals surface area contributed by atoms with Gasteiger partial charge in [0.15, 0.2) is 11.6 Å². The third-order valence-electron chi connectivity index (χ3n) is 11.8. The Kier molecular flexibility index (Phi) is 7.87. The number of fused-ring (bicyclic) bond motifs is 12. The molecule has 0 N–H and O–H groups in total. The number of aromatic nitrogens is 4. The lowest BCUT2D eigenvalue weighted by atomic mass is 9.97. The zero-order valence-corrected chi connectivity index (χ0v) is 33.4. The predicted octanol–water partition coefficient (Wildman–Crippen LogP) is 15.1. The molecule has 4 aromatic heterocycles. The van der Waals surface area contributed by atoms with Gasteiger partial charge in [-0.3, -0.25) is 4.57 Å². The zero-order valence-electron chi connectivity index (χ0n) is 33.4. The molecule has 0 aliphatic heterocycles. The van der Waals surface area contributed by atoms with Crippen LogP contribution in [0.1, 0.15) is 13.8 Å². The van der Waals surface area contributed by atoms with Crippen LogP contribution in [0.3, 0.4) is 0 Å². The summed E-state index contributed by atoms with van der Waals surface area (Å²) in [5, 5.41) is 11.0. The average molecular weight is 785 g/mol. The maximum Gasteiger partial charge on any atom is 0.238 e. The zero-order chi connectivity index (χ0) is 40.6. The number of benzene rings is 9. The smallest absolute Gasteiger partial charge is 0.238 e. The third kappa shape index (κ3) is 5.39. The molecule has 0 saturated carbocycles. The molecular weight excluding hydrogens is 749 g/mol. The Balaban J connectivity index is 0.00000197. The van der Waals surface area contributed by atoms with E-state index in [2.05, 4.69) is 156 Å². The van der Waals surface area contributed by atoms with Crippen LogP contribution in [-0.2, 0) is 0 Å². The van der Waals surface area contributed by atoms with E-state index >= 15 is 0 Å². The summed E-state index contributed by atoms with van der Waals surface area (Å²) in [4.78, 5) is 16.1. The molecule has 13 aromatic rings. The van der Waals surface area contributed by atoms with Crippen LogP contribution in [-0.4, -0.2) is 19.5 Å². The summed E-state index contributed by atoms with van der Waals surface area (Å²) in [6.45, 7) is 4.00. The molecule has 0 unspecified atom stereocenters. The summed E-state index contributed by atoms with van der Waals surface area (Å²) in [6.07, 6.45) is 0. The molecule has 61 heavy (non-hydrogen) atoms. The molecule has 0 fully saturated rings. The van der Waals surface area contributed by atoms with Crippen LogP contribution in [0, 0.1) is 0 Å². The van der Waals surface area contributed by atoms with E-state index in [1.807, 2.05) is 44.2 Å². The van der Waals surface area contributed by atoms with Crippen molar-refractivity contribution in [1.29, 1.82) is 0 Å². The highest BCUT2D eigenvalue weighted by Gasteiger charge is 2.24. The number of furan rings is 2. The summed E-state index contributed by atoms with van der Waals surface area (Å²) in [5.41, 5.74) is 9.23. The molecule has 0 spiro atoms. The van der Waals surface area contributed by atoms with Gasteiger partial charge in [0.2, 0.25) is 5.95 Å². The summed E-state index contributed by atoms with van der Waals surface area (Å²) >= 11 is 0. The van der Waals surface area contributed by atoms with Crippen LogP contribution in [0.15, 0.2) is 191 Å². The number of hydrogen-bond acceptors (Lipinski definition) is 5. The fraction of sp³-hybridized carbons (Fsp3) is 0.0364. The summed E-state index contributed by atoms with van der Waals surface area (Å²) in [5.74, 6) is 1.66. The predicted molar refractivity (Wildman–Crippen MR) is 251 cm³/mol. The van der Waals surface area contributed by atoms with Gasteiger partial charge in [0.05, 0.1) is 11.0 Å². The number of rotatable bonds is 4. The lowest BCUT2D eigenvalue weighted by molar-refractivity contribution is 0.668. The molecule has 4 heterocycles. The van der Waals surface area contributed by atoms with E-state index in [4.69, 9.17) is 23.8 Å². The largest absolute Gasteiger partial charge is 0.456 e. The molecule has 6 heteroatoms. The topological polar surface area (TPSA) is 69.9 Å². The molecule has 0 radical (unpaired) electrons. The first-order valence-corrected chi connectivity index (χ1v) is 20.8. The highest BCUT2D eigenvalue weighted by atomic mass is 16.3. The Hall–Kier alpha value is -8.09. The maximum absolute atomic E-state index is 6.42. The average Bonchev–Trinajstić information content (AvgIpc) is 4.01. The summed E-state index contributed by atoms with van der Waals surface area (Å²) < 4.78 is 15.1. The van der Waals surface area contributed by atoms with Crippen LogP contribution >= 0.6 is 0 Å². The van der Waals surface area contributed by atoms with Crippen LogP contribution < -0.4 is 0 Å². The number of para-hydroxylation sites is 3. The first kappa shape index (κ1) is 34.9. The van der Waals surface area contributed by atoms with E-state index in [1.165, 1.54) is 0 Å². The molecule has 0 amide bonds. The number of hydrogen-bond donors (Lipinski definition) is 0. The standard InChI is InChI=1S/C53H30N4O2.C2H6/c1-2-13-33-29-34(24-23-31(33)11-1)51-54-52(35-26-27-38-37-15-5-7-20-44(37)59-47(38)30-35)56-53(55-51)57-49-36-14-4-3-12-32(36)25-28-42(49)41-19-9-18-40(50(41)57)39-17-10-22-46-48(39)43-16-6-8-21-45(43)58-46;1-2/h1-30H;1-2H3. The highest BCUT2D eigenvalue weighted by molar-refractivity contribution is 6.23. The van der Waals surface area contributed by atoms with Crippen molar-refractivity contribution < 1.29 is 8.83 Å². The molecule has 0 aliphatic rings. The first-order valence-electron chi connectivity index (χ1n) is 20.8. The second kappa shape index (κ2) is 13.8. The fourth-order valence-electron chi connectivity index (χ4n) is 9.16. The molecule has 0 saturated heterocycles. The Morgan fingerprint density at radius 1 is 0.361 bits per heavy atom. The maximum atomic E-state index is 6.42. The fourth-order valence-corrected chi connectivity index (χ4v) is 9.16. The normalized spacial score (nSPS) is 11.8. The second-order valence-corrected chi connectivity index (χ2v) is 15.2. The van der Waals surface area contributed by atoms with E-state index < -0.39 is 0 Å². The van der Waals surface area contributed by atoms with Crippen molar-refractivity contribution in [2.45, 2.75) is 13.8 Å². The Labute approximate surface area is 350 Å². The van der Waals surface area contributed by atoms with E-state index in [0.717, 1.165) is 109 Å². The third-order valence-corrected chi connectivity index (χ3v) is 11.8. The molecule has 0 aliphatic carbocycles. The van der Waals surface area contributed by atoms with Crippen molar-refractivity contribution >= 4 is 87.2 Å². The molecule has 6 nitrogen and oxygen atoms in total. The van der Waals surface area contributed by atoms with Gasteiger partial charge in [0.1, 0.15) is 22.3 Å². The molecule has 288 valence electrons. The van der Waals surface area contributed by atoms with E-state index in [0.29, 0.717) is 17.6 Å².